The highest BCUT2D eigenvalue weighted by Crippen LogP contribution is 2.09. The molecule has 0 aliphatic carbocycles. The van der Waals surface area contributed by atoms with Gasteiger partial charge in [-0.05, 0) is 20.8 Å². The highest BCUT2D eigenvalue weighted by molar-refractivity contribution is 6.32. The van der Waals surface area contributed by atoms with E-state index in [-0.39, 0.29) is 6.61 Å². The molecule has 0 spiro atoms. The SMILES string of the molecule is CCOC(=O)C(=O)N1CCN(CC(C)(C)O)CC1. The third kappa shape index (κ3) is 4.62. The van der Waals surface area contributed by atoms with Crippen LogP contribution in [-0.4, -0.2) is 71.7 Å². The van der Waals surface area contributed by atoms with Gasteiger partial charge in [-0.3, -0.25) is 9.69 Å². The van der Waals surface area contributed by atoms with Crippen LogP contribution >= 0.6 is 0 Å². The lowest BCUT2D eigenvalue weighted by atomic mass is 10.1. The molecule has 1 fully saturated rings. The molecule has 18 heavy (non-hydrogen) atoms. The lowest BCUT2D eigenvalue weighted by Crippen LogP contribution is -2.53. The first-order chi connectivity index (χ1) is 8.33. The number of nitrogens with zero attached hydrogens (tertiary/aromatic N) is 2. The first kappa shape index (κ1) is 14.9. The number of esters is 1. The summed E-state index contributed by atoms with van der Waals surface area (Å²) in [6.45, 7) is 8.27. The second kappa shape index (κ2) is 6.15. The van der Waals surface area contributed by atoms with Crippen molar-refractivity contribution in [3.05, 3.63) is 0 Å². The van der Waals surface area contributed by atoms with Crippen LogP contribution in [0.3, 0.4) is 0 Å². The smallest absolute Gasteiger partial charge is 0.397 e. The maximum Gasteiger partial charge on any atom is 0.397 e. The van der Waals surface area contributed by atoms with Crippen molar-refractivity contribution in [2.45, 2.75) is 26.4 Å². The third-order valence-electron chi connectivity index (χ3n) is 2.72. The van der Waals surface area contributed by atoms with E-state index in [1.54, 1.807) is 20.8 Å². The van der Waals surface area contributed by atoms with Gasteiger partial charge >= 0.3 is 11.9 Å². The van der Waals surface area contributed by atoms with E-state index in [1.807, 2.05) is 0 Å². The monoisotopic (exact) mass is 258 g/mol. The Labute approximate surface area is 107 Å². The lowest BCUT2D eigenvalue weighted by Gasteiger charge is -2.36. The molecular weight excluding hydrogens is 236 g/mol. The summed E-state index contributed by atoms with van der Waals surface area (Å²) in [6, 6.07) is 0. The molecule has 0 aromatic rings. The summed E-state index contributed by atoms with van der Waals surface area (Å²) in [6.07, 6.45) is 0. The Morgan fingerprint density at radius 1 is 1.22 bits per heavy atom. The Morgan fingerprint density at radius 2 is 1.78 bits per heavy atom. The van der Waals surface area contributed by atoms with Gasteiger partial charge in [0.15, 0.2) is 0 Å². The molecule has 0 saturated carbocycles. The van der Waals surface area contributed by atoms with Crippen molar-refractivity contribution in [1.29, 1.82) is 0 Å². The first-order valence-electron chi connectivity index (χ1n) is 6.24. The van der Waals surface area contributed by atoms with Gasteiger partial charge in [-0.15, -0.1) is 0 Å². The zero-order chi connectivity index (χ0) is 13.8. The van der Waals surface area contributed by atoms with Gasteiger partial charge in [-0.1, -0.05) is 0 Å². The molecule has 1 heterocycles. The van der Waals surface area contributed by atoms with Gasteiger partial charge in [0, 0.05) is 32.7 Å². The molecule has 1 N–H and O–H groups in total. The topological polar surface area (TPSA) is 70.1 Å². The van der Waals surface area contributed by atoms with Crippen molar-refractivity contribution < 1.29 is 19.4 Å². The maximum absolute atomic E-state index is 11.7. The quantitative estimate of drug-likeness (QED) is 0.544. The molecule has 1 saturated heterocycles. The van der Waals surface area contributed by atoms with Crippen LogP contribution in [0.15, 0.2) is 0 Å². The van der Waals surface area contributed by atoms with Crippen molar-refractivity contribution in [1.82, 2.24) is 9.80 Å². The van der Waals surface area contributed by atoms with E-state index in [0.29, 0.717) is 32.7 Å². The summed E-state index contributed by atoms with van der Waals surface area (Å²) in [5.74, 6) is -1.35. The van der Waals surface area contributed by atoms with Crippen molar-refractivity contribution >= 4 is 11.9 Å². The Kier molecular flexibility index (Phi) is 5.10. The average molecular weight is 258 g/mol. The fourth-order valence-electron chi connectivity index (χ4n) is 1.98. The molecule has 0 atom stereocenters. The number of rotatable bonds is 3. The van der Waals surface area contributed by atoms with E-state index in [0.717, 1.165) is 0 Å². The molecule has 6 heteroatoms. The third-order valence-corrected chi connectivity index (χ3v) is 2.72. The number of β-amino-alcohol motifs (C(OH)–C–C–N with tert-alkyl or cyclic N) is 1. The van der Waals surface area contributed by atoms with E-state index in [4.69, 9.17) is 0 Å². The molecule has 0 bridgehead atoms. The fraction of sp³-hybridized carbons (Fsp3) is 0.833. The molecule has 6 nitrogen and oxygen atoms in total. The van der Waals surface area contributed by atoms with Crippen LogP contribution in [0, 0.1) is 0 Å². The number of aliphatic hydroxyl groups is 1. The normalized spacial score (nSPS) is 17.7. The number of hydrogen-bond donors (Lipinski definition) is 1. The van der Waals surface area contributed by atoms with Gasteiger partial charge in [-0.2, -0.15) is 0 Å². The largest absolute Gasteiger partial charge is 0.459 e. The van der Waals surface area contributed by atoms with E-state index >= 15 is 0 Å². The second-order valence-electron chi connectivity index (χ2n) is 5.10. The fourth-order valence-corrected chi connectivity index (χ4v) is 1.98. The highest BCUT2D eigenvalue weighted by atomic mass is 16.5. The summed E-state index contributed by atoms with van der Waals surface area (Å²) in [4.78, 5) is 26.5. The highest BCUT2D eigenvalue weighted by Gasteiger charge is 2.28. The summed E-state index contributed by atoms with van der Waals surface area (Å²) in [7, 11) is 0. The van der Waals surface area contributed by atoms with Crippen molar-refractivity contribution in [3.63, 3.8) is 0 Å². The lowest BCUT2D eigenvalue weighted by molar-refractivity contribution is -0.160. The molecule has 0 aromatic carbocycles. The first-order valence-corrected chi connectivity index (χ1v) is 6.24. The van der Waals surface area contributed by atoms with E-state index in [9.17, 15) is 14.7 Å². The molecule has 0 aromatic heterocycles. The number of piperazine rings is 1. The van der Waals surface area contributed by atoms with E-state index in [2.05, 4.69) is 9.64 Å². The van der Waals surface area contributed by atoms with Crippen molar-refractivity contribution in [3.8, 4) is 0 Å². The van der Waals surface area contributed by atoms with Crippen LogP contribution in [0.1, 0.15) is 20.8 Å². The van der Waals surface area contributed by atoms with Crippen molar-refractivity contribution in [2.75, 3.05) is 39.3 Å². The van der Waals surface area contributed by atoms with Gasteiger partial charge in [-0.25, -0.2) is 4.79 Å². The Hall–Kier alpha value is -1.14. The minimum absolute atomic E-state index is 0.212. The van der Waals surface area contributed by atoms with Gasteiger partial charge in [0.2, 0.25) is 0 Å². The minimum atomic E-state index is -0.784. The summed E-state index contributed by atoms with van der Waals surface area (Å²) < 4.78 is 4.68. The summed E-state index contributed by atoms with van der Waals surface area (Å²) >= 11 is 0. The molecule has 1 aliphatic heterocycles. The molecule has 1 amide bonds. The van der Waals surface area contributed by atoms with Crippen LogP contribution in [0.4, 0.5) is 0 Å². The van der Waals surface area contributed by atoms with E-state index < -0.39 is 17.5 Å². The standard InChI is InChI=1S/C12H22N2O4/c1-4-18-11(16)10(15)14-7-5-13(6-8-14)9-12(2,3)17/h17H,4-9H2,1-3H3. The van der Waals surface area contributed by atoms with Gasteiger partial charge in [0.25, 0.3) is 0 Å². The average Bonchev–Trinajstić information content (AvgIpc) is 2.27. The molecule has 0 unspecified atom stereocenters. The van der Waals surface area contributed by atoms with Gasteiger partial charge in [0.1, 0.15) is 0 Å². The summed E-state index contributed by atoms with van der Waals surface area (Å²) in [5, 5.41) is 9.71. The molecule has 1 aliphatic rings. The molecule has 1 rings (SSSR count). The van der Waals surface area contributed by atoms with Crippen LogP contribution in [0.25, 0.3) is 0 Å². The number of hydrogen-bond acceptors (Lipinski definition) is 5. The van der Waals surface area contributed by atoms with Crippen molar-refractivity contribution in [2.24, 2.45) is 0 Å². The molecular formula is C12H22N2O4. The van der Waals surface area contributed by atoms with Crippen LogP contribution in [-0.2, 0) is 14.3 Å². The predicted octanol–water partition coefficient (Wildman–Crippen LogP) is -0.535. The van der Waals surface area contributed by atoms with Crippen LogP contribution < -0.4 is 0 Å². The Bertz CT molecular complexity index is 304. The minimum Gasteiger partial charge on any atom is -0.459 e. The predicted molar refractivity (Wildman–Crippen MR) is 66.0 cm³/mol. The zero-order valence-corrected chi connectivity index (χ0v) is 11.3. The van der Waals surface area contributed by atoms with Gasteiger partial charge in [0.05, 0.1) is 12.2 Å². The molecule has 0 radical (unpaired) electrons. The number of carbonyl (C=O) groups is 2. The number of carbonyl (C=O) groups excluding carboxylic acids is 2. The summed E-state index contributed by atoms with van der Waals surface area (Å²) in [5.41, 5.74) is -0.743. The van der Waals surface area contributed by atoms with Gasteiger partial charge < -0.3 is 14.7 Å². The number of ether oxygens (including phenoxy) is 1. The number of amides is 1. The Morgan fingerprint density at radius 3 is 2.22 bits per heavy atom. The van der Waals surface area contributed by atoms with Crippen LogP contribution in [0.5, 0.6) is 0 Å². The maximum atomic E-state index is 11.7. The van der Waals surface area contributed by atoms with E-state index in [1.165, 1.54) is 4.90 Å². The Balaban J connectivity index is 2.39. The molecule has 104 valence electrons. The second-order valence-corrected chi connectivity index (χ2v) is 5.10. The zero-order valence-electron chi connectivity index (χ0n) is 11.3. The van der Waals surface area contributed by atoms with Crippen LogP contribution in [0.2, 0.25) is 0 Å².